The molecular formula is C13H20N4O4S. The average molecular weight is 328 g/mol. The normalized spacial score (nSPS) is 16.5. The van der Waals surface area contributed by atoms with E-state index in [1.807, 2.05) is 0 Å². The number of nitrogens with one attached hydrogen (secondary N) is 2. The van der Waals surface area contributed by atoms with Gasteiger partial charge in [-0.1, -0.05) is 0 Å². The van der Waals surface area contributed by atoms with E-state index in [0.717, 1.165) is 39.1 Å². The van der Waals surface area contributed by atoms with Gasteiger partial charge in [-0.3, -0.25) is 10.1 Å². The first kappa shape index (κ1) is 16.8. The van der Waals surface area contributed by atoms with Gasteiger partial charge in [0.2, 0.25) is 10.0 Å². The lowest BCUT2D eigenvalue weighted by Gasteiger charge is -2.27. The zero-order valence-electron chi connectivity index (χ0n) is 12.2. The molecule has 0 saturated carbocycles. The van der Waals surface area contributed by atoms with Crippen LogP contribution in [0.15, 0.2) is 29.2 Å². The highest BCUT2D eigenvalue weighted by Gasteiger charge is 2.15. The fourth-order valence-corrected chi connectivity index (χ4v) is 3.35. The van der Waals surface area contributed by atoms with Crippen molar-refractivity contribution >= 4 is 15.7 Å². The molecule has 1 heterocycles. The second kappa shape index (κ2) is 7.63. The summed E-state index contributed by atoms with van der Waals surface area (Å²) in [4.78, 5) is 12.3. The van der Waals surface area contributed by atoms with Gasteiger partial charge in [0.05, 0.1) is 9.82 Å². The number of piperazine rings is 1. The lowest BCUT2D eigenvalue weighted by Crippen LogP contribution is -2.44. The van der Waals surface area contributed by atoms with Crippen LogP contribution in [0.2, 0.25) is 0 Å². The zero-order valence-corrected chi connectivity index (χ0v) is 13.0. The summed E-state index contributed by atoms with van der Waals surface area (Å²) in [6, 6.07) is 4.87. The average Bonchev–Trinajstić information content (AvgIpc) is 2.53. The second-order valence-corrected chi connectivity index (χ2v) is 6.86. The lowest BCUT2D eigenvalue weighted by molar-refractivity contribution is -0.384. The summed E-state index contributed by atoms with van der Waals surface area (Å²) in [5, 5.41) is 13.8. The van der Waals surface area contributed by atoms with Crippen LogP contribution >= 0.6 is 0 Å². The number of sulfonamides is 1. The summed E-state index contributed by atoms with van der Waals surface area (Å²) >= 11 is 0. The Morgan fingerprint density at radius 2 is 1.86 bits per heavy atom. The molecule has 1 saturated heterocycles. The van der Waals surface area contributed by atoms with Crippen LogP contribution in [0.4, 0.5) is 5.69 Å². The van der Waals surface area contributed by atoms with Gasteiger partial charge in [-0.15, -0.1) is 0 Å². The molecular weight excluding hydrogens is 308 g/mol. The summed E-state index contributed by atoms with van der Waals surface area (Å²) < 4.78 is 26.6. The standard InChI is InChI=1S/C13H20N4O4S/c18-17(19)12-2-4-13(5-3-12)22(20,21)15-6-1-9-16-10-7-14-8-11-16/h2-5,14-15H,1,6-11H2. The Hall–Kier alpha value is -1.55. The number of hydrogen-bond donors (Lipinski definition) is 2. The van der Waals surface area contributed by atoms with Gasteiger partial charge < -0.3 is 10.2 Å². The maximum absolute atomic E-state index is 12.1. The van der Waals surface area contributed by atoms with E-state index in [2.05, 4.69) is 14.9 Å². The number of nitro benzene ring substituents is 1. The molecule has 0 aromatic heterocycles. The van der Waals surface area contributed by atoms with E-state index in [1.165, 1.54) is 24.3 Å². The third-order valence-corrected chi connectivity index (χ3v) is 4.99. The molecule has 22 heavy (non-hydrogen) atoms. The Morgan fingerprint density at radius 1 is 1.23 bits per heavy atom. The van der Waals surface area contributed by atoms with Crippen LogP contribution in [0.25, 0.3) is 0 Å². The number of hydrogen-bond acceptors (Lipinski definition) is 6. The van der Waals surface area contributed by atoms with Crippen LogP contribution in [0.5, 0.6) is 0 Å². The van der Waals surface area contributed by atoms with Gasteiger partial charge in [-0.25, -0.2) is 13.1 Å². The molecule has 0 spiro atoms. The highest BCUT2D eigenvalue weighted by Crippen LogP contribution is 2.15. The summed E-state index contributed by atoms with van der Waals surface area (Å²) in [6.07, 6.45) is 0.728. The van der Waals surface area contributed by atoms with E-state index in [1.54, 1.807) is 0 Å². The molecule has 1 fully saturated rings. The summed E-state index contributed by atoms with van der Waals surface area (Å²) in [6.45, 7) is 5.10. The maximum Gasteiger partial charge on any atom is 0.269 e. The Labute approximate surface area is 129 Å². The van der Waals surface area contributed by atoms with Crippen molar-refractivity contribution in [1.82, 2.24) is 14.9 Å². The first-order chi connectivity index (χ1) is 10.5. The molecule has 0 amide bonds. The Kier molecular flexibility index (Phi) is 5.83. The number of non-ortho nitro benzene ring substituents is 1. The van der Waals surface area contributed by atoms with E-state index in [4.69, 9.17) is 0 Å². The number of benzene rings is 1. The topological polar surface area (TPSA) is 105 Å². The van der Waals surface area contributed by atoms with Crippen molar-refractivity contribution in [3.8, 4) is 0 Å². The quantitative estimate of drug-likeness (QED) is 0.420. The molecule has 2 rings (SSSR count). The fourth-order valence-electron chi connectivity index (χ4n) is 2.27. The van der Waals surface area contributed by atoms with Crippen molar-refractivity contribution in [2.24, 2.45) is 0 Å². The number of rotatable bonds is 7. The van der Waals surface area contributed by atoms with Crippen molar-refractivity contribution < 1.29 is 13.3 Å². The highest BCUT2D eigenvalue weighted by molar-refractivity contribution is 7.89. The minimum Gasteiger partial charge on any atom is -0.314 e. The molecule has 122 valence electrons. The van der Waals surface area contributed by atoms with E-state index >= 15 is 0 Å². The van der Waals surface area contributed by atoms with Crippen LogP contribution in [-0.4, -0.2) is 57.5 Å². The van der Waals surface area contributed by atoms with Crippen LogP contribution in [0.3, 0.4) is 0 Å². The lowest BCUT2D eigenvalue weighted by atomic mass is 10.3. The van der Waals surface area contributed by atoms with Crippen molar-refractivity contribution in [1.29, 1.82) is 0 Å². The van der Waals surface area contributed by atoms with Gasteiger partial charge >= 0.3 is 0 Å². The molecule has 0 unspecified atom stereocenters. The smallest absolute Gasteiger partial charge is 0.269 e. The van der Waals surface area contributed by atoms with Gasteiger partial charge in [0.15, 0.2) is 0 Å². The highest BCUT2D eigenvalue weighted by atomic mass is 32.2. The Morgan fingerprint density at radius 3 is 2.45 bits per heavy atom. The zero-order chi connectivity index (χ0) is 16.0. The summed E-state index contributed by atoms with van der Waals surface area (Å²) in [7, 11) is -3.61. The molecule has 8 nitrogen and oxygen atoms in total. The minimum atomic E-state index is -3.61. The van der Waals surface area contributed by atoms with Crippen LogP contribution < -0.4 is 10.0 Å². The number of nitro groups is 1. The van der Waals surface area contributed by atoms with Gasteiger partial charge in [-0.2, -0.15) is 0 Å². The largest absolute Gasteiger partial charge is 0.314 e. The van der Waals surface area contributed by atoms with E-state index in [9.17, 15) is 18.5 Å². The molecule has 0 aliphatic carbocycles. The van der Waals surface area contributed by atoms with Gasteiger partial charge in [-0.05, 0) is 25.1 Å². The molecule has 0 atom stereocenters. The Bertz CT molecular complexity index is 597. The molecule has 1 aromatic carbocycles. The van der Waals surface area contributed by atoms with Crippen molar-refractivity contribution in [3.63, 3.8) is 0 Å². The van der Waals surface area contributed by atoms with Crippen LogP contribution in [-0.2, 0) is 10.0 Å². The molecule has 2 N–H and O–H groups in total. The van der Waals surface area contributed by atoms with Crippen molar-refractivity contribution in [3.05, 3.63) is 34.4 Å². The Balaban J connectivity index is 1.81. The van der Waals surface area contributed by atoms with Crippen molar-refractivity contribution in [2.75, 3.05) is 39.3 Å². The van der Waals surface area contributed by atoms with Gasteiger partial charge in [0, 0.05) is 44.9 Å². The summed E-state index contributed by atoms with van der Waals surface area (Å²) in [5.74, 6) is 0. The van der Waals surface area contributed by atoms with E-state index < -0.39 is 14.9 Å². The second-order valence-electron chi connectivity index (χ2n) is 5.09. The first-order valence-corrected chi connectivity index (χ1v) is 8.64. The molecule has 1 aliphatic heterocycles. The first-order valence-electron chi connectivity index (χ1n) is 7.16. The minimum absolute atomic E-state index is 0.0419. The monoisotopic (exact) mass is 328 g/mol. The van der Waals surface area contributed by atoms with Gasteiger partial charge in [0.1, 0.15) is 0 Å². The molecule has 1 aromatic rings. The van der Waals surface area contributed by atoms with Crippen LogP contribution in [0.1, 0.15) is 6.42 Å². The summed E-state index contributed by atoms with van der Waals surface area (Å²) in [5.41, 5.74) is -0.127. The third-order valence-electron chi connectivity index (χ3n) is 3.51. The van der Waals surface area contributed by atoms with Crippen LogP contribution in [0, 0.1) is 10.1 Å². The predicted octanol–water partition coefficient (Wildman–Crippen LogP) is 0.168. The third kappa shape index (κ3) is 4.73. The van der Waals surface area contributed by atoms with Crippen molar-refractivity contribution in [2.45, 2.75) is 11.3 Å². The molecule has 9 heteroatoms. The van der Waals surface area contributed by atoms with E-state index in [0.29, 0.717) is 6.54 Å². The van der Waals surface area contributed by atoms with Gasteiger partial charge in [0.25, 0.3) is 5.69 Å². The maximum atomic E-state index is 12.1. The fraction of sp³-hybridized carbons (Fsp3) is 0.538. The SMILES string of the molecule is O=[N+]([O-])c1ccc(S(=O)(=O)NCCCN2CCNCC2)cc1. The molecule has 1 aliphatic rings. The number of nitrogens with zero attached hydrogens (tertiary/aromatic N) is 2. The molecule has 0 bridgehead atoms. The predicted molar refractivity (Wildman–Crippen MR) is 82.2 cm³/mol. The molecule has 0 radical (unpaired) electrons. The van der Waals surface area contributed by atoms with E-state index in [-0.39, 0.29) is 10.6 Å².